The van der Waals surface area contributed by atoms with Crippen LogP contribution >= 0.6 is 11.6 Å². The predicted molar refractivity (Wildman–Crippen MR) is 96.4 cm³/mol. The van der Waals surface area contributed by atoms with Gasteiger partial charge in [-0.15, -0.1) is 0 Å². The van der Waals surface area contributed by atoms with E-state index in [1.54, 1.807) is 12.1 Å². The maximum atomic E-state index is 12.2. The number of nitrogens with one attached hydrogen (secondary N) is 1. The Morgan fingerprint density at radius 2 is 1.88 bits per heavy atom. The van der Waals surface area contributed by atoms with Gasteiger partial charge >= 0.3 is 5.97 Å². The van der Waals surface area contributed by atoms with Gasteiger partial charge in [0.25, 0.3) is 0 Å². The second kappa shape index (κ2) is 7.58. The van der Waals surface area contributed by atoms with Crippen LogP contribution in [0, 0.1) is 0 Å². The van der Waals surface area contributed by atoms with Gasteiger partial charge in [0.05, 0.1) is 18.2 Å². The molecule has 5 heteroatoms. The summed E-state index contributed by atoms with van der Waals surface area (Å²) < 4.78 is 5.41. The SMILES string of the molecule is CC(C)(C)OC(=O)C[C@@H](Nc1ccc(Cl)cc1O)c1ccccc1. The Balaban J connectivity index is 2.22. The normalized spacial score (nSPS) is 12.5. The number of anilines is 1. The van der Waals surface area contributed by atoms with Crippen molar-refractivity contribution in [3.8, 4) is 5.75 Å². The minimum atomic E-state index is -0.541. The fourth-order valence-corrected chi connectivity index (χ4v) is 2.47. The summed E-state index contributed by atoms with van der Waals surface area (Å²) in [4.78, 5) is 12.2. The number of aromatic hydroxyl groups is 1. The molecule has 0 unspecified atom stereocenters. The van der Waals surface area contributed by atoms with Crippen LogP contribution in [0.3, 0.4) is 0 Å². The van der Waals surface area contributed by atoms with Crippen LogP contribution in [0.1, 0.15) is 38.8 Å². The van der Waals surface area contributed by atoms with Crippen molar-refractivity contribution in [1.82, 2.24) is 0 Å². The summed E-state index contributed by atoms with van der Waals surface area (Å²) in [6, 6.07) is 14.1. The van der Waals surface area contributed by atoms with Crippen molar-refractivity contribution in [2.24, 2.45) is 0 Å². The number of carbonyl (C=O) groups is 1. The molecule has 0 aliphatic heterocycles. The highest BCUT2D eigenvalue weighted by atomic mass is 35.5. The zero-order chi connectivity index (χ0) is 17.7. The summed E-state index contributed by atoms with van der Waals surface area (Å²) in [6.07, 6.45) is 0.142. The Morgan fingerprint density at radius 1 is 1.21 bits per heavy atom. The lowest BCUT2D eigenvalue weighted by Crippen LogP contribution is -2.26. The van der Waals surface area contributed by atoms with Crippen molar-refractivity contribution >= 4 is 23.3 Å². The molecule has 0 heterocycles. The summed E-state index contributed by atoms with van der Waals surface area (Å²) in [6.45, 7) is 5.50. The first-order valence-electron chi connectivity index (χ1n) is 7.76. The fraction of sp³-hybridized carbons (Fsp3) is 0.316. The first kappa shape index (κ1) is 18.1. The molecule has 0 fully saturated rings. The highest BCUT2D eigenvalue weighted by Gasteiger charge is 2.22. The Labute approximate surface area is 147 Å². The van der Waals surface area contributed by atoms with Crippen LogP contribution in [-0.2, 0) is 9.53 Å². The first-order valence-corrected chi connectivity index (χ1v) is 8.14. The zero-order valence-corrected chi connectivity index (χ0v) is 14.8. The van der Waals surface area contributed by atoms with Gasteiger partial charge in [0, 0.05) is 11.1 Å². The Morgan fingerprint density at radius 3 is 2.46 bits per heavy atom. The second-order valence-electron chi connectivity index (χ2n) is 6.56. The highest BCUT2D eigenvalue weighted by molar-refractivity contribution is 6.30. The van der Waals surface area contributed by atoms with Crippen LogP contribution in [0.15, 0.2) is 48.5 Å². The molecule has 0 spiro atoms. The van der Waals surface area contributed by atoms with Gasteiger partial charge in [-0.25, -0.2) is 0 Å². The summed E-state index contributed by atoms with van der Waals surface area (Å²) in [5, 5.41) is 13.7. The summed E-state index contributed by atoms with van der Waals surface area (Å²) in [7, 11) is 0. The maximum absolute atomic E-state index is 12.2. The summed E-state index contributed by atoms with van der Waals surface area (Å²) in [5.74, 6) is -0.273. The molecule has 0 aliphatic rings. The third kappa shape index (κ3) is 5.46. The number of phenols is 1. The average Bonchev–Trinajstić information content (AvgIpc) is 2.48. The fourth-order valence-electron chi connectivity index (χ4n) is 2.30. The molecular formula is C19H22ClNO3. The van der Waals surface area contributed by atoms with Crippen molar-refractivity contribution in [2.45, 2.75) is 38.8 Å². The molecule has 2 aromatic carbocycles. The van der Waals surface area contributed by atoms with Gasteiger partial charge in [-0.1, -0.05) is 41.9 Å². The first-order chi connectivity index (χ1) is 11.2. The van der Waals surface area contributed by atoms with Gasteiger partial charge < -0.3 is 15.2 Å². The van der Waals surface area contributed by atoms with Crippen LogP contribution in [0.25, 0.3) is 0 Å². The second-order valence-corrected chi connectivity index (χ2v) is 7.00. The van der Waals surface area contributed by atoms with Crippen molar-refractivity contribution in [1.29, 1.82) is 0 Å². The molecule has 2 N–H and O–H groups in total. The van der Waals surface area contributed by atoms with E-state index < -0.39 is 5.60 Å². The number of ether oxygens (including phenoxy) is 1. The Kier molecular flexibility index (Phi) is 5.73. The lowest BCUT2D eigenvalue weighted by Gasteiger charge is -2.24. The average molecular weight is 348 g/mol. The molecule has 0 aliphatic carbocycles. The molecule has 2 rings (SSSR count). The van der Waals surface area contributed by atoms with E-state index in [1.807, 2.05) is 51.1 Å². The molecule has 0 amide bonds. The van der Waals surface area contributed by atoms with Crippen molar-refractivity contribution in [3.05, 3.63) is 59.1 Å². The maximum Gasteiger partial charge on any atom is 0.308 e. The Hall–Kier alpha value is -2.20. The standard InChI is InChI=1S/C19H22ClNO3/c1-19(2,3)24-18(23)12-16(13-7-5-4-6-8-13)21-15-10-9-14(20)11-17(15)22/h4-11,16,21-22H,12H2,1-3H3/t16-/m1/s1. The summed E-state index contributed by atoms with van der Waals surface area (Å²) >= 11 is 5.87. The van der Waals surface area contributed by atoms with E-state index in [0.717, 1.165) is 5.56 Å². The lowest BCUT2D eigenvalue weighted by molar-refractivity contribution is -0.155. The smallest absolute Gasteiger partial charge is 0.308 e. The molecule has 2 aromatic rings. The van der Waals surface area contributed by atoms with Gasteiger partial charge in [-0.2, -0.15) is 0 Å². The van der Waals surface area contributed by atoms with Crippen molar-refractivity contribution in [2.75, 3.05) is 5.32 Å². The van der Waals surface area contributed by atoms with E-state index in [4.69, 9.17) is 16.3 Å². The van der Waals surface area contributed by atoms with Crippen molar-refractivity contribution in [3.63, 3.8) is 0 Å². The van der Waals surface area contributed by atoms with Gasteiger partial charge in [0.2, 0.25) is 0 Å². The molecule has 128 valence electrons. The van der Waals surface area contributed by atoms with Crippen molar-refractivity contribution < 1.29 is 14.6 Å². The molecular weight excluding hydrogens is 326 g/mol. The van der Waals surface area contributed by atoms with E-state index in [-0.39, 0.29) is 24.2 Å². The van der Waals surface area contributed by atoms with Crippen LogP contribution in [0.4, 0.5) is 5.69 Å². The quantitative estimate of drug-likeness (QED) is 0.594. The number of hydrogen-bond donors (Lipinski definition) is 2. The van der Waals surface area contributed by atoms with Crippen LogP contribution in [0.2, 0.25) is 5.02 Å². The number of phenolic OH excluding ortho intramolecular Hbond substituents is 1. The number of esters is 1. The molecule has 0 radical (unpaired) electrons. The minimum Gasteiger partial charge on any atom is -0.506 e. The molecule has 0 saturated heterocycles. The van der Waals surface area contributed by atoms with E-state index in [0.29, 0.717) is 10.7 Å². The lowest BCUT2D eigenvalue weighted by atomic mass is 10.0. The summed E-state index contributed by atoms with van der Waals surface area (Å²) in [5.41, 5.74) is 0.898. The van der Waals surface area contributed by atoms with Gasteiger partial charge in [0.15, 0.2) is 0 Å². The van der Waals surface area contributed by atoms with E-state index in [2.05, 4.69) is 5.32 Å². The van der Waals surface area contributed by atoms with Crippen LogP contribution in [0.5, 0.6) is 5.75 Å². The molecule has 0 bridgehead atoms. The molecule has 0 aromatic heterocycles. The minimum absolute atomic E-state index is 0.0348. The molecule has 0 saturated carbocycles. The van der Waals surface area contributed by atoms with Gasteiger partial charge in [0.1, 0.15) is 11.4 Å². The van der Waals surface area contributed by atoms with E-state index in [9.17, 15) is 9.90 Å². The topological polar surface area (TPSA) is 58.6 Å². The zero-order valence-electron chi connectivity index (χ0n) is 14.0. The highest BCUT2D eigenvalue weighted by Crippen LogP contribution is 2.31. The molecule has 24 heavy (non-hydrogen) atoms. The number of halogens is 1. The molecule has 1 atom stereocenters. The third-order valence-electron chi connectivity index (χ3n) is 3.28. The molecule has 4 nitrogen and oxygen atoms in total. The Bertz CT molecular complexity index is 696. The van der Waals surface area contributed by atoms with Gasteiger partial charge in [-0.3, -0.25) is 4.79 Å². The largest absolute Gasteiger partial charge is 0.506 e. The van der Waals surface area contributed by atoms with E-state index >= 15 is 0 Å². The van der Waals surface area contributed by atoms with Crippen LogP contribution in [-0.4, -0.2) is 16.7 Å². The number of hydrogen-bond acceptors (Lipinski definition) is 4. The predicted octanol–water partition coefficient (Wildman–Crippen LogP) is 4.93. The number of carbonyl (C=O) groups excluding carboxylic acids is 1. The third-order valence-corrected chi connectivity index (χ3v) is 3.52. The van der Waals surface area contributed by atoms with Gasteiger partial charge in [-0.05, 0) is 38.5 Å². The number of benzene rings is 2. The van der Waals surface area contributed by atoms with E-state index in [1.165, 1.54) is 6.07 Å². The number of rotatable bonds is 5. The van der Waals surface area contributed by atoms with Crippen LogP contribution < -0.4 is 5.32 Å². The monoisotopic (exact) mass is 347 g/mol.